The Hall–Kier alpha value is -0.940. The molecule has 2 aliphatic rings. The van der Waals surface area contributed by atoms with Crippen LogP contribution in [-0.4, -0.2) is 30.9 Å². The van der Waals surface area contributed by atoms with Crippen molar-refractivity contribution >= 4 is 0 Å². The lowest BCUT2D eigenvalue weighted by Crippen LogP contribution is -2.35. The second kappa shape index (κ2) is 6.89. The lowest BCUT2D eigenvalue weighted by atomic mass is 10.00. The second-order valence-electron chi connectivity index (χ2n) is 7.12. The Morgan fingerprint density at radius 3 is 2.43 bits per heavy atom. The molecule has 0 saturated carbocycles. The number of ether oxygens (including phenoxy) is 4. The molecule has 3 rings (SSSR count). The number of benzene rings is 1. The molecule has 0 bridgehead atoms. The first kappa shape index (κ1) is 16.9. The van der Waals surface area contributed by atoms with Crippen molar-refractivity contribution in [1.82, 2.24) is 0 Å². The van der Waals surface area contributed by atoms with E-state index in [2.05, 4.69) is 45.9 Å². The summed E-state index contributed by atoms with van der Waals surface area (Å²) in [7, 11) is 0. The van der Waals surface area contributed by atoms with Crippen LogP contribution in [-0.2, 0) is 25.6 Å². The largest absolute Gasteiger partial charge is 0.368 e. The van der Waals surface area contributed by atoms with E-state index in [1.807, 2.05) is 6.92 Å². The highest BCUT2D eigenvalue weighted by molar-refractivity contribution is 5.32. The van der Waals surface area contributed by atoms with E-state index in [0.29, 0.717) is 12.5 Å². The van der Waals surface area contributed by atoms with Gasteiger partial charge in [-0.05, 0) is 49.8 Å². The number of aryl methyl sites for hydroxylation is 2. The fourth-order valence-corrected chi connectivity index (χ4v) is 3.50. The fraction of sp³-hybridized carbons (Fsp3) is 0.684. The molecule has 128 valence electrons. The molecule has 23 heavy (non-hydrogen) atoms. The minimum absolute atomic E-state index is 0.0295. The summed E-state index contributed by atoms with van der Waals surface area (Å²) in [4.78, 5) is 0. The van der Waals surface area contributed by atoms with E-state index in [4.69, 9.17) is 18.9 Å². The van der Waals surface area contributed by atoms with Crippen molar-refractivity contribution in [3.63, 3.8) is 0 Å². The molecule has 0 spiro atoms. The zero-order valence-corrected chi connectivity index (χ0v) is 14.7. The van der Waals surface area contributed by atoms with Crippen LogP contribution in [0.4, 0.5) is 0 Å². The van der Waals surface area contributed by atoms with E-state index < -0.39 is 0 Å². The standard InChI is InChI=1S/C19H28O4/c1-11(2)9-16-17(18-19(23-16)22-14(5)21-18)20-10-15-12(3)7-6-8-13(15)4/h6-8,11,14,16-19H,9-10H2,1-5H3/t14?,16-,17+,18-,19+/m1/s1. The van der Waals surface area contributed by atoms with Crippen LogP contribution in [0.25, 0.3) is 0 Å². The Bertz CT molecular complexity index is 522. The molecule has 2 heterocycles. The van der Waals surface area contributed by atoms with Gasteiger partial charge >= 0.3 is 0 Å². The Morgan fingerprint density at radius 2 is 1.78 bits per heavy atom. The predicted octanol–water partition coefficient (Wildman–Crippen LogP) is 3.72. The van der Waals surface area contributed by atoms with Crippen LogP contribution in [0.2, 0.25) is 0 Å². The van der Waals surface area contributed by atoms with Gasteiger partial charge in [-0.15, -0.1) is 0 Å². The summed E-state index contributed by atoms with van der Waals surface area (Å²) in [5.74, 6) is 0.544. The third-order valence-electron chi connectivity index (χ3n) is 4.71. The highest BCUT2D eigenvalue weighted by Crippen LogP contribution is 2.37. The Balaban J connectivity index is 1.72. The maximum Gasteiger partial charge on any atom is 0.189 e. The van der Waals surface area contributed by atoms with Gasteiger partial charge in [0.2, 0.25) is 0 Å². The zero-order valence-electron chi connectivity index (χ0n) is 14.7. The van der Waals surface area contributed by atoms with Crippen molar-refractivity contribution in [2.45, 2.75) is 78.5 Å². The molecule has 0 aromatic heterocycles. The van der Waals surface area contributed by atoms with Crippen LogP contribution >= 0.6 is 0 Å². The van der Waals surface area contributed by atoms with Crippen LogP contribution in [0, 0.1) is 19.8 Å². The average molecular weight is 320 g/mol. The Kier molecular flexibility index (Phi) is 5.07. The molecular weight excluding hydrogens is 292 g/mol. The fourth-order valence-electron chi connectivity index (χ4n) is 3.50. The summed E-state index contributed by atoms with van der Waals surface area (Å²) in [5, 5.41) is 0. The van der Waals surface area contributed by atoms with Gasteiger partial charge in [-0.3, -0.25) is 0 Å². The van der Waals surface area contributed by atoms with Crippen molar-refractivity contribution in [2.24, 2.45) is 5.92 Å². The molecule has 0 N–H and O–H groups in total. The molecule has 4 heteroatoms. The van der Waals surface area contributed by atoms with E-state index >= 15 is 0 Å². The molecular formula is C19H28O4. The van der Waals surface area contributed by atoms with Crippen molar-refractivity contribution in [2.75, 3.05) is 0 Å². The molecule has 2 saturated heterocycles. The van der Waals surface area contributed by atoms with Gasteiger partial charge in [0.1, 0.15) is 12.2 Å². The molecule has 2 aliphatic heterocycles. The van der Waals surface area contributed by atoms with E-state index in [9.17, 15) is 0 Å². The SMILES string of the molecule is Cc1cccc(C)c1CO[C@@H]1[C@H]2OC(C)O[C@H]2O[C@@H]1CC(C)C. The second-order valence-corrected chi connectivity index (χ2v) is 7.12. The topological polar surface area (TPSA) is 36.9 Å². The molecule has 5 atom stereocenters. The molecule has 1 aromatic carbocycles. The van der Waals surface area contributed by atoms with Crippen LogP contribution in [0.15, 0.2) is 18.2 Å². The monoisotopic (exact) mass is 320 g/mol. The molecule has 2 fully saturated rings. The number of hydrogen-bond acceptors (Lipinski definition) is 4. The van der Waals surface area contributed by atoms with Crippen molar-refractivity contribution < 1.29 is 18.9 Å². The summed E-state index contributed by atoms with van der Waals surface area (Å²) in [6, 6.07) is 6.34. The minimum Gasteiger partial charge on any atom is -0.368 e. The van der Waals surface area contributed by atoms with Gasteiger partial charge in [0.25, 0.3) is 0 Å². The van der Waals surface area contributed by atoms with E-state index in [1.54, 1.807) is 0 Å². The van der Waals surface area contributed by atoms with Crippen LogP contribution in [0.3, 0.4) is 0 Å². The number of hydrogen-bond donors (Lipinski definition) is 0. The highest BCUT2D eigenvalue weighted by Gasteiger charge is 2.51. The first-order valence-electron chi connectivity index (χ1n) is 8.58. The van der Waals surface area contributed by atoms with Crippen molar-refractivity contribution in [3.8, 4) is 0 Å². The predicted molar refractivity (Wildman–Crippen MR) is 88.0 cm³/mol. The quantitative estimate of drug-likeness (QED) is 0.828. The molecule has 1 unspecified atom stereocenters. The maximum absolute atomic E-state index is 6.30. The minimum atomic E-state index is -0.295. The van der Waals surface area contributed by atoms with Gasteiger partial charge in [-0.2, -0.15) is 0 Å². The third kappa shape index (κ3) is 3.61. The van der Waals surface area contributed by atoms with E-state index in [-0.39, 0.29) is 30.9 Å². The first-order chi connectivity index (χ1) is 11.0. The number of fused-ring (bicyclic) bond motifs is 1. The van der Waals surface area contributed by atoms with Gasteiger partial charge in [0.15, 0.2) is 12.6 Å². The van der Waals surface area contributed by atoms with Crippen molar-refractivity contribution in [3.05, 3.63) is 34.9 Å². The van der Waals surface area contributed by atoms with Crippen molar-refractivity contribution in [1.29, 1.82) is 0 Å². The summed E-state index contributed by atoms with van der Waals surface area (Å²) in [6.07, 6.45) is 0.255. The smallest absolute Gasteiger partial charge is 0.189 e. The lowest BCUT2D eigenvalue weighted by Gasteiger charge is -2.24. The number of rotatable bonds is 5. The van der Waals surface area contributed by atoms with Gasteiger partial charge in [-0.25, -0.2) is 0 Å². The first-order valence-corrected chi connectivity index (χ1v) is 8.58. The molecule has 1 aromatic rings. The van der Waals surface area contributed by atoms with E-state index in [1.165, 1.54) is 16.7 Å². The van der Waals surface area contributed by atoms with Gasteiger partial charge in [0.05, 0.1) is 12.7 Å². The molecule has 0 amide bonds. The third-order valence-corrected chi connectivity index (χ3v) is 4.71. The van der Waals surface area contributed by atoms with Crippen LogP contribution in [0.5, 0.6) is 0 Å². The normalized spacial score (nSPS) is 33.4. The lowest BCUT2D eigenvalue weighted by molar-refractivity contribution is -0.170. The summed E-state index contributed by atoms with van der Waals surface area (Å²) >= 11 is 0. The molecule has 4 nitrogen and oxygen atoms in total. The average Bonchev–Trinajstić information content (AvgIpc) is 2.94. The summed E-state index contributed by atoms with van der Waals surface area (Å²) < 4.78 is 23.9. The van der Waals surface area contributed by atoms with Gasteiger partial charge < -0.3 is 18.9 Å². The Morgan fingerprint density at radius 1 is 1.09 bits per heavy atom. The van der Waals surface area contributed by atoms with Gasteiger partial charge in [-0.1, -0.05) is 32.0 Å². The van der Waals surface area contributed by atoms with Crippen LogP contribution in [0.1, 0.15) is 43.9 Å². The summed E-state index contributed by atoms with van der Waals surface area (Å²) in [6.45, 7) is 11.1. The van der Waals surface area contributed by atoms with Gasteiger partial charge in [0, 0.05) is 0 Å². The molecule has 0 radical (unpaired) electrons. The summed E-state index contributed by atoms with van der Waals surface area (Å²) in [5.41, 5.74) is 3.78. The Labute approximate surface area is 139 Å². The van der Waals surface area contributed by atoms with E-state index in [0.717, 1.165) is 6.42 Å². The zero-order chi connectivity index (χ0) is 16.6. The van der Waals surface area contributed by atoms with Crippen LogP contribution < -0.4 is 0 Å². The molecule has 0 aliphatic carbocycles. The maximum atomic E-state index is 6.30. The highest BCUT2D eigenvalue weighted by atomic mass is 16.8.